The number of aryl methyl sites for hydroxylation is 1. The molecular formula is C16H24N4O2S. The highest BCUT2D eigenvalue weighted by atomic mass is 32.2. The molecule has 2 saturated heterocycles. The number of amides is 1. The van der Waals surface area contributed by atoms with E-state index in [9.17, 15) is 4.79 Å². The van der Waals surface area contributed by atoms with Crippen LogP contribution in [0.25, 0.3) is 0 Å². The molecule has 3 heterocycles. The molecule has 2 aliphatic rings. The third kappa shape index (κ3) is 3.77. The van der Waals surface area contributed by atoms with Gasteiger partial charge in [-0.1, -0.05) is 11.8 Å². The predicted octanol–water partition coefficient (Wildman–Crippen LogP) is 1.72. The molecule has 0 spiro atoms. The van der Waals surface area contributed by atoms with Gasteiger partial charge < -0.3 is 14.5 Å². The monoisotopic (exact) mass is 336 g/mol. The van der Waals surface area contributed by atoms with Crippen LogP contribution in [0.1, 0.15) is 25.0 Å². The molecule has 1 aromatic rings. The van der Waals surface area contributed by atoms with Gasteiger partial charge in [-0.15, -0.1) is 0 Å². The smallest absolute Gasteiger partial charge is 0.245 e. The van der Waals surface area contributed by atoms with Gasteiger partial charge in [0.2, 0.25) is 5.91 Å². The fourth-order valence-corrected chi connectivity index (χ4v) is 3.64. The summed E-state index contributed by atoms with van der Waals surface area (Å²) < 4.78 is 5.36. The first-order chi connectivity index (χ1) is 11.2. The lowest BCUT2D eigenvalue weighted by Gasteiger charge is -2.39. The molecule has 0 saturated carbocycles. The maximum absolute atomic E-state index is 13.0. The lowest BCUT2D eigenvalue weighted by Crippen LogP contribution is -2.53. The number of aromatic nitrogens is 2. The van der Waals surface area contributed by atoms with Gasteiger partial charge >= 0.3 is 0 Å². The molecule has 0 radical (unpaired) electrons. The fourth-order valence-electron chi connectivity index (χ4n) is 3.22. The number of piperidine rings is 1. The molecule has 6 nitrogen and oxygen atoms in total. The molecule has 1 amide bonds. The summed E-state index contributed by atoms with van der Waals surface area (Å²) in [6.07, 6.45) is 5.07. The number of anilines is 1. The first-order valence-electron chi connectivity index (χ1n) is 8.22. The van der Waals surface area contributed by atoms with Crippen LogP contribution < -0.4 is 4.90 Å². The summed E-state index contributed by atoms with van der Waals surface area (Å²) in [6.45, 7) is 5.53. The van der Waals surface area contributed by atoms with Crippen LogP contribution in [0.5, 0.6) is 0 Å². The Morgan fingerprint density at radius 2 is 2.04 bits per heavy atom. The number of carbonyl (C=O) groups is 1. The van der Waals surface area contributed by atoms with Crippen molar-refractivity contribution < 1.29 is 9.53 Å². The zero-order chi connectivity index (χ0) is 16.2. The molecule has 1 unspecified atom stereocenters. The minimum absolute atomic E-state index is 0.106. The Morgan fingerprint density at radius 1 is 1.26 bits per heavy atom. The Morgan fingerprint density at radius 3 is 2.78 bits per heavy atom. The van der Waals surface area contributed by atoms with Crippen molar-refractivity contribution in [1.82, 2.24) is 14.9 Å². The average Bonchev–Trinajstić information content (AvgIpc) is 2.61. The quantitative estimate of drug-likeness (QED) is 0.619. The van der Waals surface area contributed by atoms with Crippen LogP contribution in [0.2, 0.25) is 0 Å². The summed E-state index contributed by atoms with van der Waals surface area (Å²) in [7, 11) is 0. The lowest BCUT2D eigenvalue weighted by molar-refractivity contribution is -0.137. The Hall–Kier alpha value is -1.34. The predicted molar refractivity (Wildman–Crippen MR) is 90.9 cm³/mol. The van der Waals surface area contributed by atoms with Crippen LogP contribution in [-0.4, -0.2) is 65.9 Å². The lowest BCUT2D eigenvalue weighted by atomic mass is 10.0. The van der Waals surface area contributed by atoms with Gasteiger partial charge in [0.1, 0.15) is 11.9 Å². The van der Waals surface area contributed by atoms with Crippen LogP contribution in [0.15, 0.2) is 11.2 Å². The van der Waals surface area contributed by atoms with E-state index in [0.29, 0.717) is 26.3 Å². The summed E-state index contributed by atoms with van der Waals surface area (Å²) >= 11 is 1.54. The van der Waals surface area contributed by atoms with E-state index in [1.54, 1.807) is 0 Å². The second-order valence-electron chi connectivity index (χ2n) is 6.00. The van der Waals surface area contributed by atoms with Gasteiger partial charge in [0.05, 0.1) is 13.2 Å². The summed E-state index contributed by atoms with van der Waals surface area (Å²) in [5.41, 5.74) is 0.947. The Balaban J connectivity index is 1.83. The molecule has 2 fully saturated rings. The molecule has 0 aliphatic carbocycles. The number of hydrogen-bond acceptors (Lipinski definition) is 6. The molecule has 0 bridgehead atoms. The second-order valence-corrected chi connectivity index (χ2v) is 6.77. The van der Waals surface area contributed by atoms with Crippen molar-refractivity contribution in [2.24, 2.45) is 0 Å². The fraction of sp³-hybridized carbons (Fsp3) is 0.688. The van der Waals surface area contributed by atoms with Crippen LogP contribution in [0.3, 0.4) is 0 Å². The zero-order valence-electron chi connectivity index (χ0n) is 13.8. The Bertz CT molecular complexity index is 563. The van der Waals surface area contributed by atoms with Crippen molar-refractivity contribution in [3.8, 4) is 0 Å². The van der Waals surface area contributed by atoms with Crippen molar-refractivity contribution in [3.63, 3.8) is 0 Å². The van der Waals surface area contributed by atoms with E-state index in [2.05, 4.69) is 14.9 Å². The van der Waals surface area contributed by atoms with E-state index >= 15 is 0 Å². The average molecular weight is 336 g/mol. The number of rotatable bonds is 3. The molecule has 2 aliphatic heterocycles. The molecule has 3 rings (SSSR count). The molecule has 126 valence electrons. The van der Waals surface area contributed by atoms with Gasteiger partial charge in [-0.2, -0.15) is 0 Å². The maximum Gasteiger partial charge on any atom is 0.245 e. The standard InChI is InChI=1S/C16H24N4O2S/c1-12-11-14(18-16(17-12)23-2)20-6-4-3-5-13(20)15(21)19-7-9-22-10-8-19/h11,13H,3-10H2,1-2H3. The largest absolute Gasteiger partial charge is 0.378 e. The first-order valence-corrected chi connectivity index (χ1v) is 9.44. The normalized spacial score (nSPS) is 22.3. The van der Waals surface area contributed by atoms with E-state index in [1.807, 2.05) is 24.1 Å². The number of morpholine rings is 1. The van der Waals surface area contributed by atoms with Crippen molar-refractivity contribution in [3.05, 3.63) is 11.8 Å². The molecule has 0 aromatic carbocycles. The summed E-state index contributed by atoms with van der Waals surface area (Å²) in [4.78, 5) is 26.1. The highest BCUT2D eigenvalue weighted by Gasteiger charge is 2.33. The van der Waals surface area contributed by atoms with E-state index in [0.717, 1.165) is 42.5 Å². The van der Waals surface area contributed by atoms with Gasteiger partial charge in [0, 0.05) is 31.4 Å². The van der Waals surface area contributed by atoms with Gasteiger partial charge in [-0.05, 0) is 32.4 Å². The summed E-state index contributed by atoms with van der Waals surface area (Å²) in [5, 5.41) is 0.767. The van der Waals surface area contributed by atoms with Crippen molar-refractivity contribution >= 4 is 23.5 Å². The van der Waals surface area contributed by atoms with E-state index < -0.39 is 0 Å². The van der Waals surface area contributed by atoms with Gasteiger partial charge in [0.15, 0.2) is 5.16 Å². The van der Waals surface area contributed by atoms with Gasteiger partial charge in [-0.3, -0.25) is 4.79 Å². The zero-order valence-corrected chi connectivity index (χ0v) is 14.6. The number of hydrogen-bond donors (Lipinski definition) is 0. The Labute approximate surface area is 141 Å². The van der Waals surface area contributed by atoms with Gasteiger partial charge in [0.25, 0.3) is 0 Å². The maximum atomic E-state index is 13.0. The van der Waals surface area contributed by atoms with Crippen molar-refractivity contribution in [2.45, 2.75) is 37.4 Å². The molecule has 1 atom stereocenters. The van der Waals surface area contributed by atoms with Crippen LogP contribution >= 0.6 is 11.8 Å². The minimum Gasteiger partial charge on any atom is -0.378 e. The van der Waals surface area contributed by atoms with Crippen molar-refractivity contribution in [1.29, 1.82) is 0 Å². The summed E-state index contributed by atoms with van der Waals surface area (Å²) in [5.74, 6) is 1.10. The second kappa shape index (κ2) is 7.49. The molecule has 1 aromatic heterocycles. The molecule has 0 N–H and O–H groups in total. The highest BCUT2D eigenvalue weighted by molar-refractivity contribution is 7.98. The number of nitrogens with zero attached hydrogens (tertiary/aromatic N) is 4. The van der Waals surface area contributed by atoms with Crippen LogP contribution in [0, 0.1) is 6.92 Å². The first kappa shape index (κ1) is 16.5. The Kier molecular flexibility index (Phi) is 5.38. The summed E-state index contributed by atoms with van der Waals surface area (Å²) in [6, 6.07) is 1.89. The van der Waals surface area contributed by atoms with Crippen LogP contribution in [0.4, 0.5) is 5.82 Å². The molecular weight excluding hydrogens is 312 g/mol. The minimum atomic E-state index is -0.106. The van der Waals surface area contributed by atoms with E-state index in [4.69, 9.17) is 4.74 Å². The topological polar surface area (TPSA) is 58.6 Å². The van der Waals surface area contributed by atoms with E-state index in [1.165, 1.54) is 11.8 Å². The third-order valence-corrected chi connectivity index (χ3v) is 4.96. The number of carbonyl (C=O) groups excluding carboxylic acids is 1. The molecule has 7 heteroatoms. The van der Waals surface area contributed by atoms with Crippen LogP contribution in [-0.2, 0) is 9.53 Å². The van der Waals surface area contributed by atoms with Gasteiger partial charge in [-0.25, -0.2) is 9.97 Å². The number of thioether (sulfide) groups is 1. The van der Waals surface area contributed by atoms with E-state index in [-0.39, 0.29) is 11.9 Å². The SMILES string of the molecule is CSc1nc(C)cc(N2CCCCC2C(=O)N2CCOCC2)n1. The highest BCUT2D eigenvalue weighted by Crippen LogP contribution is 2.26. The third-order valence-electron chi connectivity index (χ3n) is 4.41. The van der Waals surface area contributed by atoms with Crippen molar-refractivity contribution in [2.75, 3.05) is 44.0 Å². The molecule has 23 heavy (non-hydrogen) atoms. The number of ether oxygens (including phenoxy) is 1.